The molecule has 1 N–H and O–H groups in total. The molecular weight excluding hydrogens is 326 g/mol. The van der Waals surface area contributed by atoms with E-state index in [1.807, 2.05) is 56.3 Å². The van der Waals surface area contributed by atoms with Crippen LogP contribution < -0.4 is 0 Å². The molecule has 2 aliphatic rings. The lowest BCUT2D eigenvalue weighted by Crippen LogP contribution is -2.46. The molecule has 0 aromatic heterocycles. The number of allylic oxidation sites excluding steroid dienone is 3. The van der Waals surface area contributed by atoms with Crippen LogP contribution in [0.5, 0.6) is 0 Å². The summed E-state index contributed by atoms with van der Waals surface area (Å²) in [7, 11) is 0. The average Bonchev–Trinajstić information content (AvgIpc) is 2.65. The molecule has 3 rings (SSSR count). The Labute approximate surface area is 156 Å². The zero-order valence-electron chi connectivity index (χ0n) is 15.7. The molecular formula is C22H29NO3. The van der Waals surface area contributed by atoms with Crippen LogP contribution in [0.4, 0.5) is 0 Å². The number of carbonyl (C=O) groups excluding carboxylic acids is 1. The van der Waals surface area contributed by atoms with Gasteiger partial charge in [-0.2, -0.15) is 0 Å². The fourth-order valence-electron chi connectivity index (χ4n) is 3.68. The Morgan fingerprint density at radius 1 is 1.23 bits per heavy atom. The number of hydrogen-bond acceptors (Lipinski definition) is 4. The van der Waals surface area contributed by atoms with Crippen molar-refractivity contribution in [3.63, 3.8) is 0 Å². The summed E-state index contributed by atoms with van der Waals surface area (Å²) in [5.74, 6) is 0.0238. The van der Waals surface area contributed by atoms with Crippen molar-refractivity contribution in [3.8, 4) is 0 Å². The maximum atomic E-state index is 13.1. The topological polar surface area (TPSA) is 49.8 Å². The molecule has 1 unspecified atom stereocenters. The number of nitrogens with zero attached hydrogens (tertiary/aromatic N) is 1. The molecule has 0 saturated carbocycles. The Hall–Kier alpha value is -1.91. The number of esters is 1. The molecule has 3 atom stereocenters. The minimum Gasteiger partial charge on any atom is -0.461 e. The van der Waals surface area contributed by atoms with Gasteiger partial charge in [-0.3, -0.25) is 4.90 Å². The maximum absolute atomic E-state index is 13.1. The van der Waals surface area contributed by atoms with E-state index >= 15 is 0 Å². The smallest absolute Gasteiger partial charge is 0.328 e. The molecule has 4 nitrogen and oxygen atoms in total. The summed E-state index contributed by atoms with van der Waals surface area (Å²) in [5.41, 5.74) is 0.305. The molecule has 1 aromatic rings. The predicted octanol–water partition coefficient (Wildman–Crippen LogP) is 3.64. The van der Waals surface area contributed by atoms with Gasteiger partial charge in [-0.1, -0.05) is 54.6 Å². The number of rotatable bonds is 5. The molecule has 1 fully saturated rings. The minimum atomic E-state index is -0.645. The van der Waals surface area contributed by atoms with Gasteiger partial charge in [0, 0.05) is 19.0 Å². The fraction of sp³-hybridized carbons (Fsp3) is 0.500. The zero-order valence-corrected chi connectivity index (χ0v) is 15.7. The molecule has 1 saturated heterocycles. The number of piperidine rings is 1. The first-order valence-corrected chi connectivity index (χ1v) is 9.51. The second-order valence-corrected chi connectivity index (χ2v) is 7.70. The van der Waals surface area contributed by atoms with Crippen LogP contribution in [-0.4, -0.2) is 40.8 Å². The third-order valence-corrected chi connectivity index (χ3v) is 5.50. The maximum Gasteiger partial charge on any atom is 0.328 e. The Balaban J connectivity index is 1.74. The molecule has 1 aliphatic carbocycles. The highest BCUT2D eigenvalue weighted by Crippen LogP contribution is 2.31. The molecule has 0 amide bonds. The summed E-state index contributed by atoms with van der Waals surface area (Å²) in [6.07, 6.45) is 10.3. The Morgan fingerprint density at radius 3 is 2.54 bits per heavy atom. The Kier molecular flexibility index (Phi) is 5.94. The molecule has 26 heavy (non-hydrogen) atoms. The van der Waals surface area contributed by atoms with Gasteiger partial charge in [0.15, 0.2) is 0 Å². The van der Waals surface area contributed by atoms with E-state index in [-0.39, 0.29) is 18.0 Å². The van der Waals surface area contributed by atoms with Crippen LogP contribution in [0.3, 0.4) is 0 Å². The third-order valence-electron chi connectivity index (χ3n) is 5.50. The molecule has 4 heteroatoms. The highest BCUT2D eigenvalue weighted by atomic mass is 16.5. The van der Waals surface area contributed by atoms with Gasteiger partial charge in [-0.15, -0.1) is 0 Å². The highest BCUT2D eigenvalue weighted by Gasteiger charge is 2.36. The van der Waals surface area contributed by atoms with Gasteiger partial charge in [0.2, 0.25) is 0 Å². The standard InChI is InChI=1S/C22H29NO3/c1-17(18-9-5-3-6-10-18)26-21(24)20(19-11-7-4-8-12-19)23-15-13-22(2,25)14-16-23/h3-9,11-12,17-18,20,25H,10,13-16H2,1-2H3/t17-,18?,20+/m0/s1. The van der Waals surface area contributed by atoms with E-state index < -0.39 is 11.6 Å². The van der Waals surface area contributed by atoms with Crippen LogP contribution >= 0.6 is 0 Å². The third kappa shape index (κ3) is 4.63. The average molecular weight is 355 g/mol. The second kappa shape index (κ2) is 8.19. The van der Waals surface area contributed by atoms with Crippen molar-refractivity contribution in [1.82, 2.24) is 4.90 Å². The fourth-order valence-corrected chi connectivity index (χ4v) is 3.68. The molecule has 1 heterocycles. The number of carbonyl (C=O) groups is 1. The van der Waals surface area contributed by atoms with Gasteiger partial charge >= 0.3 is 5.97 Å². The van der Waals surface area contributed by atoms with Crippen molar-refractivity contribution in [2.75, 3.05) is 13.1 Å². The van der Waals surface area contributed by atoms with Gasteiger partial charge < -0.3 is 9.84 Å². The van der Waals surface area contributed by atoms with Crippen LogP contribution in [0.2, 0.25) is 0 Å². The summed E-state index contributed by atoms with van der Waals surface area (Å²) < 4.78 is 5.88. The summed E-state index contributed by atoms with van der Waals surface area (Å²) in [6.45, 7) is 5.20. The highest BCUT2D eigenvalue weighted by molar-refractivity contribution is 5.78. The quantitative estimate of drug-likeness (QED) is 0.820. The molecule has 140 valence electrons. The van der Waals surface area contributed by atoms with Crippen LogP contribution in [0.25, 0.3) is 0 Å². The summed E-state index contributed by atoms with van der Waals surface area (Å²) >= 11 is 0. The number of benzene rings is 1. The molecule has 0 radical (unpaired) electrons. The van der Waals surface area contributed by atoms with Crippen LogP contribution in [-0.2, 0) is 9.53 Å². The van der Waals surface area contributed by atoms with E-state index in [4.69, 9.17) is 4.74 Å². The molecule has 1 aliphatic heterocycles. The van der Waals surface area contributed by atoms with E-state index in [2.05, 4.69) is 17.1 Å². The van der Waals surface area contributed by atoms with Crippen molar-refractivity contribution < 1.29 is 14.6 Å². The van der Waals surface area contributed by atoms with Gasteiger partial charge in [0.1, 0.15) is 12.1 Å². The van der Waals surface area contributed by atoms with Gasteiger partial charge in [-0.25, -0.2) is 4.79 Å². The van der Waals surface area contributed by atoms with Crippen LogP contribution in [0.1, 0.15) is 44.7 Å². The van der Waals surface area contributed by atoms with Crippen LogP contribution in [0, 0.1) is 5.92 Å². The summed E-state index contributed by atoms with van der Waals surface area (Å²) in [6, 6.07) is 9.40. The first kappa shape index (κ1) is 18.9. The van der Waals surface area contributed by atoms with Crippen molar-refractivity contribution in [2.24, 2.45) is 5.92 Å². The van der Waals surface area contributed by atoms with E-state index in [0.29, 0.717) is 25.9 Å². The van der Waals surface area contributed by atoms with Crippen molar-refractivity contribution in [1.29, 1.82) is 0 Å². The lowest BCUT2D eigenvalue weighted by Gasteiger charge is -2.39. The van der Waals surface area contributed by atoms with E-state index in [1.165, 1.54) is 0 Å². The van der Waals surface area contributed by atoms with E-state index in [0.717, 1.165) is 12.0 Å². The lowest BCUT2D eigenvalue weighted by atomic mass is 9.91. The monoisotopic (exact) mass is 355 g/mol. The first-order chi connectivity index (χ1) is 12.5. The molecule has 0 bridgehead atoms. The number of hydrogen-bond donors (Lipinski definition) is 1. The minimum absolute atomic E-state index is 0.164. The van der Waals surface area contributed by atoms with Gasteiger partial charge in [0.05, 0.1) is 5.60 Å². The van der Waals surface area contributed by atoms with E-state index in [1.54, 1.807) is 0 Å². The Bertz CT molecular complexity index is 655. The van der Waals surface area contributed by atoms with Crippen molar-refractivity contribution >= 4 is 5.97 Å². The first-order valence-electron chi connectivity index (χ1n) is 9.51. The predicted molar refractivity (Wildman–Crippen MR) is 103 cm³/mol. The van der Waals surface area contributed by atoms with Crippen molar-refractivity contribution in [2.45, 2.75) is 50.9 Å². The number of likely N-dealkylation sites (tertiary alicyclic amines) is 1. The molecule has 1 aromatic carbocycles. The van der Waals surface area contributed by atoms with Crippen LogP contribution in [0.15, 0.2) is 54.6 Å². The van der Waals surface area contributed by atoms with E-state index in [9.17, 15) is 9.90 Å². The largest absolute Gasteiger partial charge is 0.461 e. The molecule has 0 spiro atoms. The van der Waals surface area contributed by atoms with Crippen molar-refractivity contribution in [3.05, 3.63) is 60.2 Å². The second-order valence-electron chi connectivity index (χ2n) is 7.70. The Morgan fingerprint density at radius 2 is 1.92 bits per heavy atom. The van der Waals surface area contributed by atoms with Gasteiger partial charge in [0.25, 0.3) is 0 Å². The zero-order chi connectivity index (χ0) is 18.6. The summed E-state index contributed by atoms with van der Waals surface area (Å²) in [5, 5.41) is 10.2. The lowest BCUT2D eigenvalue weighted by molar-refractivity contribution is -0.158. The SMILES string of the molecule is C[C@H](OC(=O)[C@@H](c1ccccc1)N1CCC(C)(O)CC1)C1C=CC=CC1. The number of ether oxygens (including phenoxy) is 1. The van der Waals surface area contributed by atoms with Gasteiger partial charge in [-0.05, 0) is 38.7 Å². The summed E-state index contributed by atoms with van der Waals surface area (Å²) in [4.78, 5) is 15.2. The normalized spacial score (nSPS) is 24.8. The number of aliphatic hydroxyl groups is 1.